The van der Waals surface area contributed by atoms with Gasteiger partial charge < -0.3 is 43.1 Å². The summed E-state index contributed by atoms with van der Waals surface area (Å²) in [6, 6.07) is 0. The van der Waals surface area contributed by atoms with Gasteiger partial charge in [0.1, 0.15) is 23.7 Å². The number of hydrogen-bond donors (Lipinski definition) is 0. The molecule has 0 aromatic carbocycles. The summed E-state index contributed by atoms with van der Waals surface area (Å²) in [6.07, 6.45) is 0. The summed E-state index contributed by atoms with van der Waals surface area (Å²) in [6.45, 7) is 0. The summed E-state index contributed by atoms with van der Waals surface area (Å²) in [7, 11) is -16.9. The first-order valence-electron chi connectivity index (χ1n) is 2.15. The largest absolute Gasteiger partial charge is 5.00 e. The van der Waals surface area contributed by atoms with Crippen molar-refractivity contribution in [3.8, 4) is 0 Å². The van der Waals surface area contributed by atoms with E-state index in [2.05, 4.69) is 0 Å². The van der Waals surface area contributed by atoms with Crippen molar-refractivity contribution in [3.63, 3.8) is 0 Å². The van der Waals surface area contributed by atoms with Gasteiger partial charge in [-0.3, -0.25) is 0 Å². The molecule has 0 amide bonds. The third kappa shape index (κ3) is 2050. The van der Waals surface area contributed by atoms with E-state index in [1.165, 1.54) is 0 Å². The normalized spacial score (nSPS) is 10.4. The van der Waals surface area contributed by atoms with Crippen molar-refractivity contribution in [2.45, 2.75) is 0 Å². The first-order valence-corrected chi connectivity index (χ1v) is 6.45. The first kappa shape index (κ1) is 31.0. The van der Waals surface area contributed by atoms with Gasteiger partial charge in [-0.25, -0.2) is 12.6 Å². The second kappa shape index (κ2) is 12.5. The molecular weight excluding hydrogens is 352 g/mol. The fourth-order valence-corrected chi connectivity index (χ4v) is 0. The van der Waals surface area contributed by atoms with Crippen molar-refractivity contribution in [2.75, 3.05) is 0 Å². The minimum Gasteiger partial charge on any atom is -0.786 e. The van der Waals surface area contributed by atoms with Gasteiger partial charge in [-0.05, 0) is 0 Å². The molecule has 9 nitrogen and oxygen atoms in total. The molecule has 0 aromatic rings. The van der Waals surface area contributed by atoms with E-state index in [0.717, 1.165) is 0 Å². The Kier molecular flexibility index (Phi) is 22.7. The summed E-state index contributed by atoms with van der Waals surface area (Å²) in [5.74, 6) is 0. The van der Waals surface area contributed by atoms with Crippen LogP contribution in [0.2, 0.25) is 0 Å². The monoisotopic (exact) mass is 352 g/mol. The summed E-state index contributed by atoms with van der Waals surface area (Å²) < 4.78 is 55.7. The van der Waals surface area contributed by atoms with Gasteiger partial charge in [0.05, 0.1) is 0 Å². The summed E-state index contributed by atoms with van der Waals surface area (Å²) in [4.78, 5) is 50.6. The molecule has 0 aliphatic heterocycles. The maximum atomic E-state index is 10.1. The number of halogens is 3. The van der Waals surface area contributed by atoms with Gasteiger partial charge in [-0.1, -0.05) is 0 Å². The molecule has 0 aromatic heterocycles. The minimum atomic E-state index is -5.64. The second-order valence-electron chi connectivity index (χ2n) is 1.29. The van der Waals surface area contributed by atoms with Crippen LogP contribution in [0.5, 0.6) is 0 Å². The molecule has 0 rings (SSSR count). The Balaban J connectivity index is -0.0000000400. The van der Waals surface area contributed by atoms with Gasteiger partial charge in [0, 0.05) is 0 Å². The predicted octanol–water partition coefficient (Wildman–Crippen LogP) is -6.64. The molecular formula is F3LiO9P3V. The van der Waals surface area contributed by atoms with Gasteiger partial charge in [0.25, 0.3) is 0 Å². The van der Waals surface area contributed by atoms with Crippen LogP contribution in [0.3, 0.4) is 0 Å². The van der Waals surface area contributed by atoms with Crippen molar-refractivity contribution in [1.29, 1.82) is 0 Å². The Morgan fingerprint density at radius 1 is 0.588 bits per heavy atom. The Hall–Kier alpha value is 1.42. The molecule has 0 saturated heterocycles. The molecule has 0 radical (unpaired) electrons. The van der Waals surface area contributed by atoms with E-state index in [9.17, 15) is 12.6 Å². The summed E-state index contributed by atoms with van der Waals surface area (Å²) in [5, 5.41) is 0. The van der Waals surface area contributed by atoms with E-state index in [-0.39, 0.29) is 37.4 Å². The van der Waals surface area contributed by atoms with Gasteiger partial charge >= 0.3 is 37.4 Å². The van der Waals surface area contributed by atoms with Crippen LogP contribution >= 0.6 is 23.7 Å². The van der Waals surface area contributed by atoms with E-state index >= 15 is 0 Å². The molecule has 0 saturated carbocycles. The van der Waals surface area contributed by atoms with Crippen LogP contribution in [0.1, 0.15) is 0 Å². The van der Waals surface area contributed by atoms with E-state index in [1.807, 2.05) is 0 Å². The average molecular weight is 352 g/mol. The Bertz CT molecular complexity index is 218. The second-order valence-corrected chi connectivity index (χ2v) is 3.88. The Labute approximate surface area is 117 Å². The molecule has 0 fully saturated rings. The van der Waals surface area contributed by atoms with Crippen LogP contribution in [0.25, 0.3) is 0 Å². The predicted molar refractivity (Wildman–Crippen MR) is 26.1 cm³/mol. The zero-order valence-electron chi connectivity index (χ0n) is 7.60. The maximum absolute atomic E-state index is 10.1. The smallest absolute Gasteiger partial charge is 0.786 e. The van der Waals surface area contributed by atoms with Crippen molar-refractivity contribution in [1.82, 2.24) is 0 Å². The topological polar surface area (TPSA) is 190 Å². The fourth-order valence-electron chi connectivity index (χ4n) is 0. The average Bonchev–Trinajstić information content (AvgIpc) is 1.41. The van der Waals surface area contributed by atoms with Crippen LogP contribution in [0.4, 0.5) is 12.6 Å². The molecule has 17 heteroatoms. The van der Waals surface area contributed by atoms with Gasteiger partial charge in [-0.15, -0.1) is 0 Å². The minimum absolute atomic E-state index is 0. The van der Waals surface area contributed by atoms with E-state index < -0.39 is 23.7 Å². The standard InChI is InChI=1S/3FH2O3P.Li.V/c3*1-5(2,3)4;;/h3*(H2,2,3,4);;/q;;;+1;+5/p-6. The van der Waals surface area contributed by atoms with Crippen LogP contribution < -0.4 is 48.2 Å². The van der Waals surface area contributed by atoms with Gasteiger partial charge in [-0.2, -0.15) is 0 Å². The molecule has 17 heavy (non-hydrogen) atoms. The third-order valence-corrected chi connectivity index (χ3v) is 0. The summed E-state index contributed by atoms with van der Waals surface area (Å²) >= 11 is 0. The fraction of sp³-hybridized carbons (Fsp3) is 0. The summed E-state index contributed by atoms with van der Waals surface area (Å²) in [5.41, 5.74) is 0. The van der Waals surface area contributed by atoms with E-state index in [4.69, 9.17) is 43.1 Å². The van der Waals surface area contributed by atoms with Crippen LogP contribution in [-0.4, -0.2) is 0 Å². The molecule has 0 aliphatic carbocycles. The third-order valence-electron chi connectivity index (χ3n) is 0. The SMILES string of the molecule is O=P([O-])([O-])F.O=P([O-])([O-])F.O=P([O-])([O-])F.[Li+].[V+5]. The Morgan fingerprint density at radius 3 is 0.588 bits per heavy atom. The number of hydrogen-bond acceptors (Lipinski definition) is 9. The number of rotatable bonds is 0. The van der Waals surface area contributed by atoms with Crippen LogP contribution in [-0.2, 0) is 32.3 Å². The molecule has 0 spiro atoms. The van der Waals surface area contributed by atoms with Crippen molar-refractivity contribution < 1.29 is 93.1 Å². The maximum Gasteiger partial charge on any atom is 5.00 e. The van der Waals surface area contributed by atoms with Crippen molar-refractivity contribution >= 4 is 23.7 Å². The first-order chi connectivity index (χ1) is 6.00. The van der Waals surface area contributed by atoms with Crippen LogP contribution in [0, 0.1) is 0 Å². The molecule has 96 valence electrons. The zero-order chi connectivity index (χ0) is 13.5. The van der Waals surface area contributed by atoms with Gasteiger partial charge in [0.2, 0.25) is 0 Å². The van der Waals surface area contributed by atoms with Crippen molar-refractivity contribution in [3.05, 3.63) is 0 Å². The van der Waals surface area contributed by atoms with E-state index in [1.54, 1.807) is 0 Å². The molecule has 0 atom stereocenters. The Morgan fingerprint density at radius 2 is 0.588 bits per heavy atom. The molecule has 0 bridgehead atoms. The quantitative estimate of drug-likeness (QED) is 0.301. The molecule has 0 N–H and O–H groups in total. The van der Waals surface area contributed by atoms with E-state index in [0.29, 0.717) is 0 Å². The molecule has 0 aliphatic rings. The molecule has 0 unspecified atom stereocenters. The van der Waals surface area contributed by atoms with Crippen LogP contribution in [0.15, 0.2) is 0 Å². The van der Waals surface area contributed by atoms with Gasteiger partial charge in [0.15, 0.2) is 0 Å². The zero-order valence-corrected chi connectivity index (χ0v) is 11.7. The van der Waals surface area contributed by atoms with Crippen molar-refractivity contribution in [2.24, 2.45) is 0 Å². The molecule has 0 heterocycles.